The van der Waals surface area contributed by atoms with E-state index in [9.17, 15) is 19.2 Å². The molecule has 0 radical (unpaired) electrons. The summed E-state index contributed by atoms with van der Waals surface area (Å²) in [5, 5.41) is 10.8. The van der Waals surface area contributed by atoms with E-state index in [0.717, 1.165) is 16.7 Å². The van der Waals surface area contributed by atoms with Gasteiger partial charge in [-0.3, -0.25) is 19.2 Å². The minimum atomic E-state index is -1.48. The molecule has 2 aromatic rings. The zero-order valence-electron chi connectivity index (χ0n) is 16.1. The molecule has 1 unspecified atom stereocenters. The lowest BCUT2D eigenvalue weighted by atomic mass is 9.94. The summed E-state index contributed by atoms with van der Waals surface area (Å²) < 4.78 is 0. The summed E-state index contributed by atoms with van der Waals surface area (Å²) in [6.45, 7) is 1.92. The molecule has 1 aliphatic rings. The minimum Gasteiger partial charge on any atom is -0.480 e. The van der Waals surface area contributed by atoms with E-state index in [4.69, 9.17) is 5.11 Å². The number of piperidine rings is 1. The highest BCUT2D eigenvalue weighted by molar-refractivity contribution is 6.19. The van der Waals surface area contributed by atoms with Gasteiger partial charge in [-0.15, -0.1) is 0 Å². The van der Waals surface area contributed by atoms with Gasteiger partial charge in [0.2, 0.25) is 11.8 Å². The van der Waals surface area contributed by atoms with Gasteiger partial charge in [0.25, 0.3) is 0 Å². The summed E-state index contributed by atoms with van der Waals surface area (Å²) in [4.78, 5) is 48.9. The molecule has 2 amide bonds. The molecule has 1 heterocycles. The number of aryl methyl sites for hydroxylation is 1. The quantitative estimate of drug-likeness (QED) is 0.727. The zero-order chi connectivity index (χ0) is 21.0. The van der Waals surface area contributed by atoms with Crippen LogP contribution in [0.4, 0.5) is 0 Å². The molecule has 7 nitrogen and oxygen atoms in total. The van der Waals surface area contributed by atoms with Gasteiger partial charge in [-0.25, -0.2) is 0 Å². The van der Waals surface area contributed by atoms with Crippen molar-refractivity contribution in [1.29, 1.82) is 0 Å². The van der Waals surface area contributed by atoms with Gasteiger partial charge in [0.05, 0.1) is 0 Å². The van der Waals surface area contributed by atoms with Crippen LogP contribution in [-0.2, 0) is 25.7 Å². The van der Waals surface area contributed by atoms with Crippen LogP contribution in [0.3, 0.4) is 0 Å². The molecule has 3 rings (SSSR count). The van der Waals surface area contributed by atoms with Crippen molar-refractivity contribution in [3.8, 4) is 11.1 Å². The van der Waals surface area contributed by atoms with Crippen molar-refractivity contribution in [3.05, 3.63) is 59.7 Å². The van der Waals surface area contributed by atoms with E-state index in [-0.39, 0.29) is 19.5 Å². The molecule has 0 spiro atoms. The highest BCUT2D eigenvalue weighted by Gasteiger charge is 2.40. The maximum absolute atomic E-state index is 12.6. The highest BCUT2D eigenvalue weighted by atomic mass is 16.4. The maximum Gasteiger partial charge on any atom is 0.322 e. The first-order chi connectivity index (χ1) is 13.8. The molecule has 29 heavy (non-hydrogen) atoms. The van der Waals surface area contributed by atoms with Gasteiger partial charge >= 0.3 is 5.97 Å². The van der Waals surface area contributed by atoms with Crippen LogP contribution in [0.15, 0.2) is 48.5 Å². The van der Waals surface area contributed by atoms with E-state index in [0.29, 0.717) is 0 Å². The van der Waals surface area contributed by atoms with Crippen LogP contribution in [0.5, 0.6) is 0 Å². The van der Waals surface area contributed by atoms with E-state index in [1.54, 1.807) is 0 Å². The average Bonchev–Trinajstić information content (AvgIpc) is 2.69. The summed E-state index contributed by atoms with van der Waals surface area (Å²) >= 11 is 0. The molecule has 1 aliphatic heterocycles. The third-order valence-corrected chi connectivity index (χ3v) is 4.86. The number of aliphatic carboxylic acids is 1. The van der Waals surface area contributed by atoms with Gasteiger partial charge in [-0.1, -0.05) is 54.1 Å². The molecular weight excluding hydrogens is 372 g/mol. The van der Waals surface area contributed by atoms with Crippen LogP contribution in [-0.4, -0.2) is 46.7 Å². The van der Waals surface area contributed by atoms with Crippen molar-refractivity contribution < 1.29 is 24.3 Å². The number of carbonyl (C=O) groups is 4. The lowest BCUT2D eigenvalue weighted by molar-refractivity contribution is -0.152. The van der Waals surface area contributed by atoms with E-state index in [1.165, 1.54) is 10.5 Å². The Bertz CT molecular complexity index is 952. The Kier molecular flexibility index (Phi) is 6.07. The van der Waals surface area contributed by atoms with Crippen molar-refractivity contribution in [3.63, 3.8) is 0 Å². The third-order valence-electron chi connectivity index (χ3n) is 4.86. The summed E-state index contributed by atoms with van der Waals surface area (Å²) in [5.74, 6) is -4.65. The minimum absolute atomic E-state index is 0.0677. The number of benzene rings is 2. The second kappa shape index (κ2) is 8.68. The van der Waals surface area contributed by atoms with Gasteiger partial charge in [0.15, 0.2) is 11.7 Å². The number of hydrogen-bond donors (Lipinski definition) is 2. The van der Waals surface area contributed by atoms with Crippen molar-refractivity contribution in [2.45, 2.75) is 19.9 Å². The fraction of sp³-hybridized carbons (Fsp3) is 0.273. The number of likely N-dealkylation sites (tertiary alicyclic amines) is 1. The Morgan fingerprint density at radius 1 is 1.10 bits per heavy atom. The highest BCUT2D eigenvalue weighted by Crippen LogP contribution is 2.23. The molecule has 1 fully saturated rings. The van der Waals surface area contributed by atoms with Gasteiger partial charge < -0.3 is 15.3 Å². The summed E-state index contributed by atoms with van der Waals surface area (Å²) in [6, 6.07) is 15.9. The fourth-order valence-electron chi connectivity index (χ4n) is 3.35. The van der Waals surface area contributed by atoms with Crippen molar-refractivity contribution >= 4 is 23.6 Å². The van der Waals surface area contributed by atoms with E-state index < -0.39 is 36.0 Å². The Morgan fingerprint density at radius 2 is 1.83 bits per heavy atom. The molecule has 0 aliphatic carbocycles. The predicted molar refractivity (Wildman–Crippen MR) is 106 cm³/mol. The third kappa shape index (κ3) is 4.87. The summed E-state index contributed by atoms with van der Waals surface area (Å²) in [5.41, 5.74) is 4.21. The molecule has 1 saturated heterocycles. The number of nitrogens with one attached hydrogen (secondary N) is 1. The summed E-state index contributed by atoms with van der Waals surface area (Å²) in [7, 11) is 0. The molecular formula is C22H22N2O5. The molecule has 7 heteroatoms. The Balaban J connectivity index is 1.69. The molecule has 0 aromatic heterocycles. The van der Waals surface area contributed by atoms with Gasteiger partial charge in [0, 0.05) is 19.5 Å². The van der Waals surface area contributed by atoms with Crippen molar-refractivity contribution in [2.75, 3.05) is 13.1 Å². The lowest BCUT2D eigenvalue weighted by Gasteiger charge is -2.30. The number of hydrogen-bond acceptors (Lipinski definition) is 4. The first-order valence-electron chi connectivity index (χ1n) is 9.32. The van der Waals surface area contributed by atoms with Gasteiger partial charge in [0.1, 0.15) is 6.54 Å². The smallest absolute Gasteiger partial charge is 0.322 e. The second-order valence-corrected chi connectivity index (χ2v) is 7.09. The molecule has 1 atom stereocenters. The van der Waals surface area contributed by atoms with Gasteiger partial charge in [-0.05, 0) is 23.6 Å². The van der Waals surface area contributed by atoms with Gasteiger partial charge in [-0.2, -0.15) is 0 Å². The number of Topliss-reactive ketones (excluding diaryl/α,β-unsaturated/α-hetero) is 1. The maximum atomic E-state index is 12.6. The SMILES string of the molecule is Cc1cccc(-c2ccc(CN3CCC(=O)C(C(=O)NCC(=O)O)C3=O)cc2)c1. The van der Waals surface area contributed by atoms with Crippen LogP contribution in [0, 0.1) is 12.8 Å². The standard InChI is InChI=1S/C22H22N2O5/c1-14-3-2-4-17(11-14)16-7-5-15(6-8-16)13-24-10-9-18(25)20(22(24)29)21(28)23-12-19(26)27/h2-8,11,20H,9-10,12-13H2,1H3,(H,23,28)(H,26,27). The fourth-order valence-corrected chi connectivity index (χ4v) is 3.35. The Labute approximate surface area is 168 Å². The van der Waals surface area contributed by atoms with E-state index in [2.05, 4.69) is 11.4 Å². The first-order valence-corrected chi connectivity index (χ1v) is 9.32. The molecule has 0 bridgehead atoms. The number of ketones is 1. The topological polar surface area (TPSA) is 104 Å². The van der Waals surface area contributed by atoms with Crippen LogP contribution >= 0.6 is 0 Å². The van der Waals surface area contributed by atoms with Crippen LogP contribution in [0.25, 0.3) is 11.1 Å². The predicted octanol–water partition coefficient (Wildman–Crippen LogP) is 1.78. The van der Waals surface area contributed by atoms with Crippen LogP contribution in [0.2, 0.25) is 0 Å². The first kappa shape index (κ1) is 20.3. The number of carbonyl (C=O) groups excluding carboxylic acids is 3. The molecule has 150 valence electrons. The van der Waals surface area contributed by atoms with Crippen molar-refractivity contribution in [2.24, 2.45) is 5.92 Å². The normalized spacial score (nSPS) is 16.6. The molecule has 0 saturated carbocycles. The number of carboxylic acids is 1. The second-order valence-electron chi connectivity index (χ2n) is 7.09. The molecule has 2 aromatic carbocycles. The summed E-state index contributed by atoms with van der Waals surface area (Å²) in [6.07, 6.45) is 0.0677. The lowest BCUT2D eigenvalue weighted by Crippen LogP contribution is -2.52. The van der Waals surface area contributed by atoms with E-state index >= 15 is 0 Å². The number of amides is 2. The monoisotopic (exact) mass is 394 g/mol. The number of rotatable bonds is 6. The molecule has 2 N–H and O–H groups in total. The number of carboxylic acid groups (broad SMARTS) is 1. The average molecular weight is 394 g/mol. The Morgan fingerprint density at radius 3 is 2.48 bits per heavy atom. The van der Waals surface area contributed by atoms with Crippen molar-refractivity contribution in [1.82, 2.24) is 10.2 Å². The van der Waals surface area contributed by atoms with Crippen LogP contribution < -0.4 is 5.32 Å². The van der Waals surface area contributed by atoms with E-state index in [1.807, 2.05) is 49.4 Å². The van der Waals surface area contributed by atoms with Crippen LogP contribution in [0.1, 0.15) is 17.5 Å². The zero-order valence-corrected chi connectivity index (χ0v) is 16.1. The number of nitrogens with zero attached hydrogens (tertiary/aromatic N) is 1. The Hall–Kier alpha value is -3.48. The largest absolute Gasteiger partial charge is 0.480 e.